The number of carbonyl (C=O) groups is 3. The van der Waals surface area contributed by atoms with Gasteiger partial charge in [0.2, 0.25) is 5.75 Å². The maximum atomic E-state index is 14.4. The van der Waals surface area contributed by atoms with Crippen molar-refractivity contribution < 1.29 is 52.0 Å². The van der Waals surface area contributed by atoms with Crippen LogP contribution >= 0.6 is 0 Å². The molecule has 2 unspecified atom stereocenters. The molecule has 4 aromatic rings. The third-order valence-corrected chi connectivity index (χ3v) is 12.0. The van der Waals surface area contributed by atoms with Gasteiger partial charge in [0.15, 0.2) is 34.5 Å². The number of nitrogens with zero attached hydrogens (tertiary/aromatic N) is 1. The number of ether oxygens (including phenoxy) is 7. The highest BCUT2D eigenvalue weighted by molar-refractivity contribution is 5.94. The summed E-state index contributed by atoms with van der Waals surface area (Å²) >= 11 is 0. The van der Waals surface area contributed by atoms with Crippen LogP contribution in [0.25, 0.3) is 17.0 Å². The summed E-state index contributed by atoms with van der Waals surface area (Å²) in [6.45, 7) is 2.14. The highest BCUT2D eigenvalue weighted by Crippen LogP contribution is 2.59. The fourth-order valence-electron chi connectivity index (χ4n) is 9.14. The molecule has 3 aromatic carbocycles. The first-order valence-electron chi connectivity index (χ1n) is 20.2. The first-order chi connectivity index (χ1) is 29.2. The van der Waals surface area contributed by atoms with Crippen molar-refractivity contribution >= 4 is 40.6 Å². The Bertz CT molecular complexity index is 2460. The van der Waals surface area contributed by atoms with E-state index >= 15 is 0 Å². The summed E-state index contributed by atoms with van der Waals surface area (Å²) < 4.78 is 47.2. The fraction of sp³-hybridized carbons (Fsp3) is 0.409. The van der Waals surface area contributed by atoms with Crippen molar-refractivity contribution in [3.05, 3.63) is 75.3 Å². The van der Waals surface area contributed by atoms with E-state index in [-0.39, 0.29) is 40.0 Å². The number of nitrogens with one attached hydrogen (secondary N) is 3. The second kappa shape index (κ2) is 16.2. The predicted molar refractivity (Wildman–Crippen MR) is 218 cm³/mol. The van der Waals surface area contributed by atoms with Crippen LogP contribution in [0.2, 0.25) is 0 Å². The van der Waals surface area contributed by atoms with Gasteiger partial charge in [-0.15, -0.1) is 0 Å². The molecule has 0 amide bonds. The van der Waals surface area contributed by atoms with Gasteiger partial charge in [-0.05, 0) is 99.6 Å². The third-order valence-electron chi connectivity index (χ3n) is 12.0. The van der Waals surface area contributed by atoms with E-state index in [0.717, 1.165) is 25.8 Å². The first kappa shape index (κ1) is 39.4. The van der Waals surface area contributed by atoms with Gasteiger partial charge >= 0.3 is 23.5 Å². The summed E-state index contributed by atoms with van der Waals surface area (Å²) in [6, 6.07) is 8.29. The number of methoxy groups -OCH3 is 4. The minimum absolute atomic E-state index is 0.106. The quantitative estimate of drug-likeness (QED) is 0.109. The zero-order valence-electron chi connectivity index (χ0n) is 33.7. The number of anilines is 1. The lowest BCUT2D eigenvalue weighted by molar-refractivity contribution is -0.137. The number of esters is 3. The summed E-state index contributed by atoms with van der Waals surface area (Å²) in [4.78, 5) is 56.1. The lowest BCUT2D eigenvalue weighted by Crippen LogP contribution is -2.35. The van der Waals surface area contributed by atoms with Crippen LogP contribution in [0.3, 0.4) is 0 Å². The number of carbonyl (C=O) groups excluding carboxylic acids is 3. The molecule has 3 fully saturated rings. The highest BCUT2D eigenvalue weighted by Gasteiger charge is 2.47. The number of rotatable bonds is 11. The normalized spacial score (nSPS) is 22.5. The highest BCUT2D eigenvalue weighted by atomic mass is 16.6. The Labute approximate surface area is 345 Å². The van der Waals surface area contributed by atoms with Gasteiger partial charge in [-0.25, -0.2) is 19.2 Å². The van der Waals surface area contributed by atoms with Crippen molar-refractivity contribution in [1.82, 2.24) is 16.0 Å². The molecule has 5 aliphatic heterocycles. The Morgan fingerprint density at radius 3 is 1.85 bits per heavy atom. The molecule has 60 heavy (non-hydrogen) atoms. The summed E-state index contributed by atoms with van der Waals surface area (Å²) in [7, 11) is 5.94. The molecule has 16 heteroatoms. The van der Waals surface area contributed by atoms with Gasteiger partial charge in [-0.3, -0.25) is 0 Å². The van der Waals surface area contributed by atoms with Gasteiger partial charge in [0, 0.05) is 34.7 Å². The van der Waals surface area contributed by atoms with Crippen LogP contribution in [0, 0.1) is 0 Å². The maximum Gasteiger partial charge on any atom is 0.360 e. The van der Waals surface area contributed by atoms with Crippen LogP contribution in [0.15, 0.2) is 51.8 Å². The van der Waals surface area contributed by atoms with Crippen LogP contribution < -0.4 is 59.6 Å². The molecular weight excluding hydrogens is 776 g/mol. The molecule has 1 aromatic heterocycles. The molecular formula is C44H46N4O12. The minimum atomic E-state index is -0.659. The van der Waals surface area contributed by atoms with Crippen molar-refractivity contribution in [2.24, 2.45) is 0 Å². The second-order valence-electron chi connectivity index (χ2n) is 15.4. The van der Waals surface area contributed by atoms with Gasteiger partial charge in [0.25, 0.3) is 0 Å². The van der Waals surface area contributed by atoms with Gasteiger partial charge in [0.1, 0.15) is 29.4 Å². The largest absolute Gasteiger partial charge is 0.493 e. The van der Waals surface area contributed by atoms with E-state index in [1.165, 1.54) is 34.5 Å². The van der Waals surface area contributed by atoms with E-state index in [2.05, 4.69) is 16.0 Å². The topological polar surface area (TPSA) is 185 Å². The number of hydrogen-bond acceptors (Lipinski definition) is 16. The lowest BCUT2D eigenvalue weighted by Gasteiger charge is -2.34. The Kier molecular flexibility index (Phi) is 10.6. The molecule has 5 atom stereocenters. The average Bonchev–Trinajstić information content (AvgIpc) is 4.11. The minimum Gasteiger partial charge on any atom is -0.493 e. The fourth-order valence-corrected chi connectivity index (χ4v) is 9.14. The van der Waals surface area contributed by atoms with Crippen LogP contribution in [-0.2, 0) is 14.4 Å². The predicted octanol–water partition coefficient (Wildman–Crippen LogP) is 4.48. The Morgan fingerprint density at radius 2 is 1.27 bits per heavy atom. The molecule has 314 valence electrons. The molecule has 0 radical (unpaired) electrons. The number of benzene rings is 3. The standard InChI is InChI=1S/C44H46N4O12/c1-53-31-18-22(11-12-29(31)57-41(49)26-8-5-14-45-26)35-36-25-20-32(54-2)33(59-42(50)27-9-6-15-46-27)21-30(25)58-44(52)38(36)48-17-13-23-24(37(35)48)19-34(55-3)40(56-4)39(23)60-43(51)28-10-7-16-47-28/h11-13,17-21,26-28,35,37,45-47H,5-10,14-16H2,1-4H3/t26-,27-,28-,35?,37?/m0/s1. The monoisotopic (exact) mass is 822 g/mol. The summed E-state index contributed by atoms with van der Waals surface area (Å²) in [6.07, 6.45) is 8.02. The Hall–Kier alpha value is -6.10. The zero-order chi connectivity index (χ0) is 41.7. The van der Waals surface area contributed by atoms with E-state index < -0.39 is 53.6 Å². The SMILES string of the molecule is COc1cc(C2c3c(c(=O)oc4cc(OC(=O)[C@@H]5CCCN5)c(OC)cc34)N3C=Cc4c(cc(OC)c(OC)c4OC(=O)[C@@H]4CCCN4)C23)ccc1OC(=O)[C@@H]1CCCN1. The van der Waals surface area contributed by atoms with Gasteiger partial charge in [-0.2, -0.15) is 0 Å². The summed E-state index contributed by atoms with van der Waals surface area (Å²) in [5.41, 5.74) is 2.28. The molecule has 16 nitrogen and oxygen atoms in total. The summed E-state index contributed by atoms with van der Waals surface area (Å²) in [5, 5.41) is 10.0. The van der Waals surface area contributed by atoms with Crippen LogP contribution in [0.4, 0.5) is 5.69 Å². The molecule has 0 spiro atoms. The second-order valence-corrected chi connectivity index (χ2v) is 15.4. The van der Waals surface area contributed by atoms with Crippen molar-refractivity contribution in [1.29, 1.82) is 0 Å². The third kappa shape index (κ3) is 6.77. The first-order valence-corrected chi connectivity index (χ1v) is 20.2. The van der Waals surface area contributed by atoms with E-state index in [1.54, 1.807) is 30.5 Å². The molecule has 3 N–H and O–H groups in total. The van der Waals surface area contributed by atoms with Crippen molar-refractivity contribution in [2.45, 2.75) is 68.6 Å². The molecule has 0 saturated carbocycles. The molecule has 9 rings (SSSR count). The Balaban J connectivity index is 1.23. The van der Waals surface area contributed by atoms with Gasteiger partial charge in [0.05, 0.1) is 34.5 Å². The summed E-state index contributed by atoms with van der Waals surface area (Å²) in [5.74, 6) is -0.348. The van der Waals surface area contributed by atoms with Crippen molar-refractivity contribution in [3.63, 3.8) is 0 Å². The smallest absolute Gasteiger partial charge is 0.360 e. The van der Waals surface area contributed by atoms with Crippen LogP contribution in [0.1, 0.15) is 72.7 Å². The van der Waals surface area contributed by atoms with Crippen molar-refractivity contribution in [2.75, 3.05) is 53.0 Å². The Morgan fingerprint density at radius 1 is 0.667 bits per heavy atom. The van der Waals surface area contributed by atoms with E-state index in [1.807, 2.05) is 17.0 Å². The van der Waals surface area contributed by atoms with E-state index in [0.29, 0.717) is 71.5 Å². The van der Waals surface area contributed by atoms with Crippen LogP contribution in [0.5, 0.6) is 40.2 Å². The lowest BCUT2D eigenvalue weighted by atomic mass is 9.80. The molecule has 0 aliphatic carbocycles. The molecule has 6 heterocycles. The number of fused-ring (bicyclic) bond motifs is 7. The average molecular weight is 823 g/mol. The van der Waals surface area contributed by atoms with Gasteiger partial charge in [-0.1, -0.05) is 6.07 Å². The number of hydrogen-bond donors (Lipinski definition) is 3. The maximum absolute atomic E-state index is 14.4. The molecule has 0 bridgehead atoms. The van der Waals surface area contributed by atoms with E-state index in [9.17, 15) is 19.2 Å². The van der Waals surface area contributed by atoms with Crippen molar-refractivity contribution in [3.8, 4) is 40.2 Å². The van der Waals surface area contributed by atoms with Crippen LogP contribution in [-0.4, -0.2) is 84.1 Å². The van der Waals surface area contributed by atoms with Gasteiger partial charge < -0.3 is 58.4 Å². The van der Waals surface area contributed by atoms with E-state index in [4.69, 9.17) is 37.6 Å². The molecule has 5 aliphatic rings. The zero-order valence-corrected chi connectivity index (χ0v) is 33.7. The molecule has 3 saturated heterocycles.